The first kappa shape index (κ1) is 13.8. The molecule has 0 amide bonds. The Balaban J connectivity index is 3.37. The number of halogens is 3. The van der Waals surface area contributed by atoms with Gasteiger partial charge in [0.2, 0.25) is 0 Å². The molecule has 0 saturated heterocycles. The first-order valence-electron chi connectivity index (χ1n) is 4.97. The van der Waals surface area contributed by atoms with E-state index < -0.39 is 30.0 Å². The Hall–Kier alpha value is -1.27. The lowest BCUT2D eigenvalue weighted by atomic mass is 9.99. The molecule has 0 aliphatic carbocycles. The van der Waals surface area contributed by atoms with Gasteiger partial charge in [0, 0.05) is 11.6 Å². The number of nitrogens with two attached hydrogens (primary N) is 1. The zero-order valence-electron chi connectivity index (χ0n) is 9.45. The number of rotatable bonds is 4. The summed E-state index contributed by atoms with van der Waals surface area (Å²) in [6, 6.07) is 0.899. The Morgan fingerprint density at radius 3 is 2.24 bits per heavy atom. The molecule has 0 aromatic heterocycles. The summed E-state index contributed by atoms with van der Waals surface area (Å²) in [5, 5.41) is 9.72. The van der Waals surface area contributed by atoms with E-state index in [2.05, 4.69) is 0 Å². The molecule has 0 bridgehead atoms. The van der Waals surface area contributed by atoms with Crippen LogP contribution in [0.15, 0.2) is 12.1 Å². The van der Waals surface area contributed by atoms with Gasteiger partial charge < -0.3 is 15.6 Å². The van der Waals surface area contributed by atoms with Gasteiger partial charge in [0.15, 0.2) is 0 Å². The number of alkyl halides is 2. The average Bonchev–Trinajstić information content (AvgIpc) is 2.26. The first-order chi connectivity index (χ1) is 7.88. The van der Waals surface area contributed by atoms with Crippen LogP contribution in [0.3, 0.4) is 0 Å². The number of methoxy groups -OCH3 is 1. The van der Waals surface area contributed by atoms with Crippen molar-refractivity contribution in [3.8, 4) is 5.75 Å². The highest BCUT2D eigenvalue weighted by atomic mass is 19.3. The Morgan fingerprint density at radius 2 is 1.82 bits per heavy atom. The molecule has 17 heavy (non-hydrogen) atoms. The second-order valence-corrected chi connectivity index (χ2v) is 3.72. The number of ether oxygens (including phenoxy) is 1. The van der Waals surface area contributed by atoms with Crippen molar-refractivity contribution < 1.29 is 23.0 Å². The minimum Gasteiger partial charge on any atom is -0.496 e. The molecule has 3 nitrogen and oxygen atoms in total. The molecule has 0 fully saturated rings. The SMILES string of the molecule is COc1c(C(F)F)cc(F)cc1C(O)C(C)N. The van der Waals surface area contributed by atoms with Crippen LogP contribution in [0.4, 0.5) is 13.2 Å². The van der Waals surface area contributed by atoms with Crippen molar-refractivity contribution in [2.45, 2.75) is 25.5 Å². The van der Waals surface area contributed by atoms with E-state index in [1.54, 1.807) is 0 Å². The third kappa shape index (κ3) is 2.89. The van der Waals surface area contributed by atoms with Gasteiger partial charge in [0.25, 0.3) is 6.43 Å². The van der Waals surface area contributed by atoms with E-state index in [1.807, 2.05) is 0 Å². The van der Waals surface area contributed by atoms with Crippen LogP contribution in [0.2, 0.25) is 0 Å². The van der Waals surface area contributed by atoms with Crippen LogP contribution in [-0.2, 0) is 0 Å². The Morgan fingerprint density at radius 1 is 1.29 bits per heavy atom. The normalized spacial score (nSPS) is 14.8. The van der Waals surface area contributed by atoms with E-state index in [4.69, 9.17) is 10.5 Å². The van der Waals surface area contributed by atoms with E-state index in [0.29, 0.717) is 6.07 Å². The van der Waals surface area contributed by atoms with Crippen molar-refractivity contribution in [3.05, 3.63) is 29.1 Å². The van der Waals surface area contributed by atoms with E-state index in [0.717, 1.165) is 6.07 Å². The third-order valence-electron chi connectivity index (χ3n) is 2.37. The number of aliphatic hydroxyl groups excluding tert-OH is 1. The maximum Gasteiger partial charge on any atom is 0.267 e. The summed E-state index contributed by atoms with van der Waals surface area (Å²) in [5.74, 6) is -1.10. The number of hydrogen-bond acceptors (Lipinski definition) is 3. The number of benzene rings is 1. The van der Waals surface area contributed by atoms with Gasteiger partial charge in [-0.1, -0.05) is 0 Å². The number of hydrogen-bond donors (Lipinski definition) is 2. The number of aliphatic hydroxyl groups is 1. The van der Waals surface area contributed by atoms with Crippen molar-refractivity contribution in [2.75, 3.05) is 7.11 Å². The minimum atomic E-state index is -2.89. The van der Waals surface area contributed by atoms with E-state index in [1.165, 1.54) is 14.0 Å². The second-order valence-electron chi connectivity index (χ2n) is 3.72. The van der Waals surface area contributed by atoms with Crippen LogP contribution >= 0.6 is 0 Å². The molecule has 1 aromatic carbocycles. The van der Waals surface area contributed by atoms with Gasteiger partial charge in [-0.3, -0.25) is 0 Å². The molecule has 3 N–H and O–H groups in total. The van der Waals surface area contributed by atoms with E-state index in [-0.39, 0.29) is 11.3 Å². The summed E-state index contributed by atoms with van der Waals surface area (Å²) >= 11 is 0. The molecule has 0 saturated carbocycles. The summed E-state index contributed by atoms with van der Waals surface area (Å²) in [4.78, 5) is 0. The van der Waals surface area contributed by atoms with Crippen LogP contribution in [-0.4, -0.2) is 18.3 Å². The van der Waals surface area contributed by atoms with Crippen molar-refractivity contribution in [2.24, 2.45) is 5.73 Å². The largest absolute Gasteiger partial charge is 0.496 e. The van der Waals surface area contributed by atoms with Crippen molar-refractivity contribution in [1.82, 2.24) is 0 Å². The zero-order chi connectivity index (χ0) is 13.2. The Bertz CT molecular complexity index is 397. The monoisotopic (exact) mass is 249 g/mol. The molecule has 2 atom stereocenters. The molecule has 6 heteroatoms. The van der Waals surface area contributed by atoms with E-state index in [9.17, 15) is 18.3 Å². The van der Waals surface area contributed by atoms with Crippen molar-refractivity contribution in [1.29, 1.82) is 0 Å². The smallest absolute Gasteiger partial charge is 0.267 e. The lowest BCUT2D eigenvalue weighted by Gasteiger charge is -2.20. The van der Waals surface area contributed by atoms with Crippen LogP contribution in [0.25, 0.3) is 0 Å². The predicted molar refractivity (Wildman–Crippen MR) is 56.5 cm³/mol. The molecule has 0 aliphatic rings. The highest BCUT2D eigenvalue weighted by Crippen LogP contribution is 2.36. The summed E-state index contributed by atoms with van der Waals surface area (Å²) in [7, 11) is 1.18. The van der Waals surface area contributed by atoms with Gasteiger partial charge in [-0.05, 0) is 19.1 Å². The predicted octanol–water partition coefficient (Wildman–Crippen LogP) is 2.15. The lowest BCUT2D eigenvalue weighted by Crippen LogP contribution is -2.25. The molecule has 0 spiro atoms. The van der Waals surface area contributed by atoms with Crippen LogP contribution in [0, 0.1) is 5.82 Å². The highest BCUT2D eigenvalue weighted by Gasteiger charge is 2.24. The van der Waals surface area contributed by atoms with Gasteiger partial charge in [-0.25, -0.2) is 13.2 Å². The standard InChI is InChI=1S/C11H14F3NO2/c1-5(15)9(16)7-3-6(12)4-8(11(13)14)10(7)17-2/h3-5,9,11,16H,15H2,1-2H3. The Kier molecular flexibility index (Phi) is 4.36. The lowest BCUT2D eigenvalue weighted by molar-refractivity contribution is 0.136. The molecular formula is C11H14F3NO2. The summed E-state index contributed by atoms with van der Waals surface area (Å²) in [6.07, 6.45) is -4.15. The molecule has 0 radical (unpaired) electrons. The van der Waals surface area contributed by atoms with Gasteiger partial charge in [-0.2, -0.15) is 0 Å². The molecule has 0 heterocycles. The Labute approximate surface area is 97.0 Å². The van der Waals surface area contributed by atoms with E-state index >= 15 is 0 Å². The highest BCUT2D eigenvalue weighted by molar-refractivity contribution is 5.44. The second kappa shape index (κ2) is 5.37. The zero-order valence-corrected chi connectivity index (χ0v) is 9.45. The molecule has 2 unspecified atom stereocenters. The average molecular weight is 249 g/mol. The summed E-state index contributed by atoms with van der Waals surface area (Å²) < 4.78 is 43.3. The molecular weight excluding hydrogens is 235 g/mol. The van der Waals surface area contributed by atoms with Gasteiger partial charge >= 0.3 is 0 Å². The van der Waals surface area contributed by atoms with Gasteiger partial charge in [0.1, 0.15) is 11.6 Å². The molecule has 0 aliphatic heterocycles. The quantitative estimate of drug-likeness (QED) is 0.859. The van der Waals surface area contributed by atoms with Crippen LogP contribution in [0.1, 0.15) is 30.6 Å². The van der Waals surface area contributed by atoms with Crippen LogP contribution in [0.5, 0.6) is 5.75 Å². The maximum absolute atomic E-state index is 13.2. The summed E-state index contributed by atoms with van der Waals surface area (Å²) in [5.41, 5.74) is 4.79. The van der Waals surface area contributed by atoms with Gasteiger partial charge in [-0.15, -0.1) is 0 Å². The third-order valence-corrected chi connectivity index (χ3v) is 2.37. The fourth-order valence-corrected chi connectivity index (χ4v) is 1.54. The van der Waals surface area contributed by atoms with Gasteiger partial charge in [0.05, 0.1) is 18.8 Å². The fraction of sp³-hybridized carbons (Fsp3) is 0.455. The van der Waals surface area contributed by atoms with Crippen molar-refractivity contribution in [3.63, 3.8) is 0 Å². The molecule has 1 rings (SSSR count). The molecule has 1 aromatic rings. The van der Waals surface area contributed by atoms with Crippen molar-refractivity contribution >= 4 is 0 Å². The summed E-state index contributed by atoms with van der Waals surface area (Å²) in [6.45, 7) is 1.48. The molecule has 96 valence electrons. The van der Waals surface area contributed by atoms with Crippen LogP contribution < -0.4 is 10.5 Å². The maximum atomic E-state index is 13.2. The fourth-order valence-electron chi connectivity index (χ4n) is 1.54. The minimum absolute atomic E-state index is 0.0715. The first-order valence-corrected chi connectivity index (χ1v) is 4.97. The topological polar surface area (TPSA) is 55.5 Å².